The fourth-order valence-electron chi connectivity index (χ4n) is 1.97. The minimum absolute atomic E-state index is 0.147. The number of ether oxygens (including phenoxy) is 1. The zero-order valence-corrected chi connectivity index (χ0v) is 12.5. The number of fused-ring (bicyclic) bond motifs is 1. The standard InChI is InChI=1S/C14H16N4OS/c1-9(2)19-12-6-4-5-11(7-12)13-15-16-14-18(13)17-10(3)8-20-14/h4-7,9H,8H2,1-3H3. The van der Waals surface area contributed by atoms with Crippen LogP contribution in [0.1, 0.15) is 20.8 Å². The lowest BCUT2D eigenvalue weighted by Crippen LogP contribution is -2.09. The van der Waals surface area contributed by atoms with Crippen LogP contribution >= 0.6 is 11.8 Å². The molecule has 0 unspecified atom stereocenters. The quantitative estimate of drug-likeness (QED) is 0.871. The van der Waals surface area contributed by atoms with Gasteiger partial charge in [-0.2, -0.15) is 9.78 Å². The first-order chi connectivity index (χ1) is 9.63. The molecule has 1 aromatic heterocycles. The molecule has 5 nitrogen and oxygen atoms in total. The zero-order chi connectivity index (χ0) is 14.1. The van der Waals surface area contributed by atoms with Gasteiger partial charge >= 0.3 is 0 Å². The number of thioether (sulfide) groups is 1. The maximum Gasteiger partial charge on any atom is 0.212 e. The first-order valence-corrected chi connectivity index (χ1v) is 7.52. The molecule has 0 saturated heterocycles. The predicted molar refractivity (Wildman–Crippen MR) is 80.5 cm³/mol. The Bertz CT molecular complexity index is 663. The van der Waals surface area contributed by atoms with E-state index < -0.39 is 0 Å². The summed E-state index contributed by atoms with van der Waals surface area (Å²) in [6.45, 7) is 6.03. The van der Waals surface area contributed by atoms with E-state index in [1.807, 2.05) is 45.0 Å². The highest BCUT2D eigenvalue weighted by molar-refractivity contribution is 7.99. The Kier molecular flexibility index (Phi) is 3.48. The maximum atomic E-state index is 5.72. The Morgan fingerprint density at radius 1 is 1.30 bits per heavy atom. The summed E-state index contributed by atoms with van der Waals surface area (Å²) in [6.07, 6.45) is 0.147. The smallest absolute Gasteiger partial charge is 0.212 e. The number of aromatic nitrogens is 3. The van der Waals surface area contributed by atoms with E-state index in [9.17, 15) is 0 Å². The first-order valence-electron chi connectivity index (χ1n) is 6.53. The van der Waals surface area contributed by atoms with Gasteiger partial charge in [0.15, 0.2) is 5.82 Å². The molecular formula is C14H16N4OS. The van der Waals surface area contributed by atoms with Crippen LogP contribution in [-0.2, 0) is 0 Å². The van der Waals surface area contributed by atoms with Crippen molar-refractivity contribution in [1.82, 2.24) is 14.9 Å². The van der Waals surface area contributed by atoms with Crippen molar-refractivity contribution >= 4 is 17.5 Å². The van der Waals surface area contributed by atoms with Gasteiger partial charge in [-0.3, -0.25) is 0 Å². The van der Waals surface area contributed by atoms with E-state index in [0.29, 0.717) is 0 Å². The minimum atomic E-state index is 0.147. The number of rotatable bonds is 3. The molecule has 0 aliphatic carbocycles. The highest BCUT2D eigenvalue weighted by Crippen LogP contribution is 2.28. The predicted octanol–water partition coefficient (Wildman–Crippen LogP) is 3.06. The molecule has 0 fully saturated rings. The summed E-state index contributed by atoms with van der Waals surface area (Å²) in [5.41, 5.74) is 2.03. The van der Waals surface area contributed by atoms with Gasteiger partial charge in [-0.25, -0.2) is 0 Å². The van der Waals surface area contributed by atoms with Crippen LogP contribution in [0, 0.1) is 0 Å². The molecule has 1 aromatic carbocycles. The second kappa shape index (κ2) is 5.28. The van der Waals surface area contributed by atoms with Gasteiger partial charge < -0.3 is 4.74 Å². The van der Waals surface area contributed by atoms with Gasteiger partial charge in [0.1, 0.15) is 5.75 Å². The van der Waals surface area contributed by atoms with Gasteiger partial charge in [-0.1, -0.05) is 23.9 Å². The highest BCUT2D eigenvalue weighted by atomic mass is 32.2. The summed E-state index contributed by atoms with van der Waals surface area (Å²) in [7, 11) is 0. The molecule has 0 radical (unpaired) electrons. The van der Waals surface area contributed by atoms with Crippen LogP contribution in [0.5, 0.6) is 5.75 Å². The fourth-order valence-corrected chi connectivity index (χ4v) is 2.72. The van der Waals surface area contributed by atoms with Crippen molar-refractivity contribution < 1.29 is 4.74 Å². The number of benzene rings is 1. The molecule has 104 valence electrons. The summed E-state index contributed by atoms with van der Waals surface area (Å²) in [6, 6.07) is 7.87. The summed E-state index contributed by atoms with van der Waals surface area (Å²) in [5.74, 6) is 2.45. The van der Waals surface area contributed by atoms with Crippen LogP contribution in [0.2, 0.25) is 0 Å². The number of nitrogens with zero attached hydrogens (tertiary/aromatic N) is 4. The second-order valence-corrected chi connectivity index (χ2v) is 5.88. The third kappa shape index (κ3) is 2.56. The zero-order valence-electron chi connectivity index (χ0n) is 11.7. The van der Waals surface area contributed by atoms with Gasteiger partial charge in [0, 0.05) is 17.0 Å². The third-order valence-corrected chi connectivity index (χ3v) is 3.83. The van der Waals surface area contributed by atoms with Crippen molar-refractivity contribution in [1.29, 1.82) is 0 Å². The Labute approximate surface area is 122 Å². The molecule has 0 amide bonds. The summed E-state index contributed by atoms with van der Waals surface area (Å²) in [5, 5.41) is 13.8. The van der Waals surface area contributed by atoms with Crippen molar-refractivity contribution in [3.8, 4) is 17.1 Å². The van der Waals surface area contributed by atoms with E-state index in [0.717, 1.165) is 33.8 Å². The van der Waals surface area contributed by atoms with E-state index in [1.165, 1.54) is 0 Å². The van der Waals surface area contributed by atoms with Gasteiger partial charge in [0.2, 0.25) is 5.16 Å². The SMILES string of the molecule is CC1=Nn2c(nnc2-c2cccc(OC(C)C)c2)SC1. The van der Waals surface area contributed by atoms with Crippen molar-refractivity contribution in [2.45, 2.75) is 32.0 Å². The molecule has 2 aromatic rings. The third-order valence-electron chi connectivity index (χ3n) is 2.76. The van der Waals surface area contributed by atoms with Crippen LogP contribution < -0.4 is 4.74 Å². The fraction of sp³-hybridized carbons (Fsp3) is 0.357. The molecule has 0 bridgehead atoms. The molecule has 2 heterocycles. The second-order valence-electron chi connectivity index (χ2n) is 4.94. The van der Waals surface area contributed by atoms with E-state index in [-0.39, 0.29) is 6.10 Å². The molecule has 0 saturated carbocycles. The summed E-state index contributed by atoms with van der Waals surface area (Å²) < 4.78 is 7.52. The van der Waals surface area contributed by atoms with Crippen molar-refractivity contribution in [2.24, 2.45) is 5.10 Å². The Morgan fingerprint density at radius 2 is 2.15 bits per heavy atom. The lowest BCUT2D eigenvalue weighted by atomic mass is 10.2. The van der Waals surface area contributed by atoms with Crippen LogP contribution in [0.15, 0.2) is 34.5 Å². The Balaban J connectivity index is 2.00. The van der Waals surface area contributed by atoms with Gasteiger partial charge in [-0.15, -0.1) is 10.2 Å². The number of hydrogen-bond acceptors (Lipinski definition) is 5. The minimum Gasteiger partial charge on any atom is -0.491 e. The van der Waals surface area contributed by atoms with Gasteiger partial charge in [0.25, 0.3) is 0 Å². The van der Waals surface area contributed by atoms with Crippen LogP contribution in [0.4, 0.5) is 0 Å². The van der Waals surface area contributed by atoms with Gasteiger partial charge in [0.05, 0.1) is 6.10 Å². The monoisotopic (exact) mass is 288 g/mol. The van der Waals surface area contributed by atoms with E-state index in [2.05, 4.69) is 15.3 Å². The van der Waals surface area contributed by atoms with Crippen molar-refractivity contribution in [3.63, 3.8) is 0 Å². The normalized spacial score (nSPS) is 14.1. The van der Waals surface area contributed by atoms with Crippen LogP contribution in [0.25, 0.3) is 11.4 Å². The van der Waals surface area contributed by atoms with Gasteiger partial charge in [-0.05, 0) is 32.9 Å². The molecule has 1 aliphatic heterocycles. The number of hydrogen-bond donors (Lipinski definition) is 0. The molecular weight excluding hydrogens is 272 g/mol. The lowest BCUT2D eigenvalue weighted by molar-refractivity contribution is 0.242. The average molecular weight is 288 g/mol. The summed E-state index contributed by atoms with van der Waals surface area (Å²) >= 11 is 1.65. The molecule has 0 atom stereocenters. The van der Waals surface area contributed by atoms with E-state index in [4.69, 9.17) is 4.74 Å². The van der Waals surface area contributed by atoms with Crippen molar-refractivity contribution in [3.05, 3.63) is 24.3 Å². The molecule has 0 spiro atoms. The van der Waals surface area contributed by atoms with E-state index in [1.54, 1.807) is 16.4 Å². The molecule has 3 rings (SSSR count). The lowest BCUT2D eigenvalue weighted by Gasteiger charge is -2.12. The van der Waals surface area contributed by atoms with Crippen molar-refractivity contribution in [2.75, 3.05) is 5.75 Å². The summed E-state index contributed by atoms with van der Waals surface area (Å²) in [4.78, 5) is 0. The first kappa shape index (κ1) is 13.2. The average Bonchev–Trinajstić information content (AvgIpc) is 2.81. The molecule has 0 N–H and O–H groups in total. The maximum absolute atomic E-state index is 5.72. The van der Waals surface area contributed by atoms with Crippen LogP contribution in [-0.4, -0.2) is 32.4 Å². The highest BCUT2D eigenvalue weighted by Gasteiger charge is 2.18. The molecule has 1 aliphatic rings. The molecule has 20 heavy (non-hydrogen) atoms. The van der Waals surface area contributed by atoms with E-state index >= 15 is 0 Å². The van der Waals surface area contributed by atoms with Crippen LogP contribution in [0.3, 0.4) is 0 Å². The molecule has 6 heteroatoms. The Hall–Kier alpha value is -1.82. The topological polar surface area (TPSA) is 52.3 Å². The largest absolute Gasteiger partial charge is 0.491 e. The Morgan fingerprint density at radius 3 is 2.95 bits per heavy atom.